The average molecular weight is 442 g/mol. The van der Waals surface area contributed by atoms with E-state index in [9.17, 15) is 18.0 Å². The Labute approximate surface area is 183 Å². The molecule has 3 rings (SSSR count). The van der Waals surface area contributed by atoms with Gasteiger partial charge in [0.2, 0.25) is 0 Å². The highest BCUT2D eigenvalue weighted by Gasteiger charge is 2.43. The highest BCUT2D eigenvalue weighted by molar-refractivity contribution is 7.86. The zero-order chi connectivity index (χ0) is 22.3. The number of carbonyl (C=O) groups is 2. The lowest BCUT2D eigenvalue weighted by Crippen LogP contribution is -2.35. The minimum absolute atomic E-state index is 0.131. The van der Waals surface area contributed by atoms with Crippen molar-refractivity contribution in [3.8, 4) is 0 Å². The fourth-order valence-corrected chi connectivity index (χ4v) is 4.53. The van der Waals surface area contributed by atoms with Crippen LogP contribution in [0.2, 0.25) is 0 Å². The summed E-state index contributed by atoms with van der Waals surface area (Å²) in [4.78, 5) is 26.2. The molecule has 0 fully saturated rings. The Morgan fingerprint density at radius 2 is 1.16 bits per heavy atom. The SMILES string of the molecule is CCCCCCCCS(=O)(=O)ON1C(=O)C(c2ccccc2)=C(c2ccccc2)C1=O. The Balaban J connectivity index is 1.80. The molecule has 1 aliphatic rings. The number of nitrogens with zero attached hydrogens (tertiary/aromatic N) is 1. The van der Waals surface area contributed by atoms with Crippen molar-refractivity contribution in [2.45, 2.75) is 45.4 Å². The molecule has 6 nitrogen and oxygen atoms in total. The summed E-state index contributed by atoms with van der Waals surface area (Å²) in [5, 5.41) is 0.386. The molecule has 0 bridgehead atoms. The monoisotopic (exact) mass is 441 g/mol. The lowest BCUT2D eigenvalue weighted by molar-refractivity contribution is -0.160. The predicted octanol–water partition coefficient (Wildman–Crippen LogP) is 4.59. The van der Waals surface area contributed by atoms with Crippen LogP contribution in [0.3, 0.4) is 0 Å². The second-order valence-electron chi connectivity index (χ2n) is 7.49. The van der Waals surface area contributed by atoms with E-state index in [1.54, 1.807) is 60.7 Å². The van der Waals surface area contributed by atoms with E-state index in [-0.39, 0.29) is 16.9 Å². The first kappa shape index (κ1) is 22.9. The molecule has 1 heterocycles. The molecule has 0 aromatic heterocycles. The highest BCUT2D eigenvalue weighted by Crippen LogP contribution is 2.36. The van der Waals surface area contributed by atoms with Crippen LogP contribution in [0, 0.1) is 0 Å². The molecule has 0 saturated carbocycles. The van der Waals surface area contributed by atoms with E-state index in [0.29, 0.717) is 22.6 Å². The van der Waals surface area contributed by atoms with Crippen molar-refractivity contribution >= 4 is 33.1 Å². The Kier molecular flexibility index (Phi) is 7.76. The summed E-state index contributed by atoms with van der Waals surface area (Å²) < 4.78 is 30.0. The lowest BCUT2D eigenvalue weighted by Gasteiger charge is -2.14. The molecule has 164 valence electrons. The first-order valence-corrected chi connectivity index (χ1v) is 12.2. The van der Waals surface area contributed by atoms with Gasteiger partial charge in [0.05, 0.1) is 16.9 Å². The summed E-state index contributed by atoms with van der Waals surface area (Å²) in [5.41, 5.74) is 1.32. The van der Waals surface area contributed by atoms with Crippen molar-refractivity contribution in [1.82, 2.24) is 5.06 Å². The lowest BCUT2D eigenvalue weighted by atomic mass is 9.96. The number of hydrogen-bond acceptors (Lipinski definition) is 5. The first-order chi connectivity index (χ1) is 14.9. The Hall–Kier alpha value is -2.77. The van der Waals surface area contributed by atoms with Crippen LogP contribution < -0.4 is 0 Å². The zero-order valence-corrected chi connectivity index (χ0v) is 18.4. The van der Waals surface area contributed by atoms with Gasteiger partial charge >= 0.3 is 0 Å². The molecule has 0 aliphatic carbocycles. The Morgan fingerprint density at radius 3 is 1.65 bits per heavy atom. The normalized spacial score (nSPS) is 14.5. The maximum atomic E-state index is 13.1. The van der Waals surface area contributed by atoms with Gasteiger partial charge in [-0.15, -0.1) is 9.35 Å². The molecule has 0 N–H and O–H groups in total. The summed E-state index contributed by atoms with van der Waals surface area (Å²) >= 11 is 0. The van der Waals surface area contributed by atoms with Crippen molar-refractivity contribution in [3.63, 3.8) is 0 Å². The fourth-order valence-electron chi connectivity index (χ4n) is 3.53. The van der Waals surface area contributed by atoms with E-state index in [4.69, 9.17) is 4.28 Å². The first-order valence-electron chi connectivity index (χ1n) is 10.6. The molecular weight excluding hydrogens is 414 g/mol. The molecule has 0 radical (unpaired) electrons. The number of hydrogen-bond donors (Lipinski definition) is 0. The van der Waals surface area contributed by atoms with Crippen LogP contribution in [-0.4, -0.2) is 31.0 Å². The number of carbonyl (C=O) groups excluding carboxylic acids is 2. The van der Waals surface area contributed by atoms with Crippen molar-refractivity contribution in [2.24, 2.45) is 0 Å². The average Bonchev–Trinajstić information content (AvgIpc) is 3.01. The summed E-state index contributed by atoms with van der Waals surface area (Å²) in [7, 11) is -4.08. The van der Waals surface area contributed by atoms with Crippen LogP contribution in [0.5, 0.6) is 0 Å². The third-order valence-electron chi connectivity index (χ3n) is 5.11. The van der Waals surface area contributed by atoms with Crippen molar-refractivity contribution in [3.05, 3.63) is 71.8 Å². The van der Waals surface area contributed by atoms with Crippen LogP contribution in [0.15, 0.2) is 60.7 Å². The van der Waals surface area contributed by atoms with Gasteiger partial charge in [0.25, 0.3) is 21.9 Å². The van der Waals surface area contributed by atoms with E-state index < -0.39 is 21.9 Å². The molecule has 7 heteroatoms. The minimum atomic E-state index is -4.08. The van der Waals surface area contributed by atoms with E-state index in [2.05, 4.69) is 6.92 Å². The second kappa shape index (κ2) is 10.5. The fraction of sp³-hybridized carbons (Fsp3) is 0.333. The Bertz CT molecular complexity index is 984. The standard InChI is InChI=1S/C24H27NO5S/c1-2-3-4-5-6-13-18-31(28,29)30-25-23(26)21(19-14-9-7-10-15-19)22(24(25)27)20-16-11-8-12-17-20/h7-12,14-17H,2-6,13,18H2,1H3. The van der Waals surface area contributed by atoms with Crippen molar-refractivity contribution in [1.29, 1.82) is 0 Å². The zero-order valence-electron chi connectivity index (χ0n) is 17.6. The number of rotatable bonds is 11. The number of imide groups is 1. The third-order valence-corrected chi connectivity index (χ3v) is 6.27. The molecule has 2 aromatic carbocycles. The number of unbranched alkanes of at least 4 members (excludes halogenated alkanes) is 5. The summed E-state index contributed by atoms with van der Waals surface area (Å²) in [5.74, 6) is -1.79. The van der Waals surface area contributed by atoms with Gasteiger partial charge in [0, 0.05) is 0 Å². The summed E-state index contributed by atoms with van der Waals surface area (Å²) in [6, 6.07) is 17.4. The summed E-state index contributed by atoms with van der Waals surface area (Å²) in [6.07, 6.45) is 5.42. The van der Waals surface area contributed by atoms with E-state index in [0.717, 1.165) is 32.1 Å². The van der Waals surface area contributed by atoms with Gasteiger partial charge in [-0.1, -0.05) is 99.7 Å². The molecule has 1 aliphatic heterocycles. The van der Waals surface area contributed by atoms with Crippen LogP contribution in [0.1, 0.15) is 56.6 Å². The van der Waals surface area contributed by atoms with Gasteiger partial charge in [0.1, 0.15) is 0 Å². The maximum absolute atomic E-state index is 13.1. The number of amides is 2. The van der Waals surface area contributed by atoms with Gasteiger partial charge in [-0.2, -0.15) is 8.42 Å². The van der Waals surface area contributed by atoms with Crippen LogP contribution in [0.25, 0.3) is 11.1 Å². The predicted molar refractivity (Wildman–Crippen MR) is 120 cm³/mol. The van der Waals surface area contributed by atoms with Gasteiger partial charge < -0.3 is 0 Å². The molecule has 31 heavy (non-hydrogen) atoms. The van der Waals surface area contributed by atoms with Crippen molar-refractivity contribution in [2.75, 3.05) is 5.75 Å². The minimum Gasteiger partial charge on any atom is -0.266 e. The molecule has 2 amide bonds. The van der Waals surface area contributed by atoms with Crippen LogP contribution in [-0.2, 0) is 24.0 Å². The molecule has 2 aromatic rings. The quantitative estimate of drug-likeness (QED) is 0.376. The Morgan fingerprint density at radius 1 is 0.710 bits per heavy atom. The van der Waals surface area contributed by atoms with Crippen LogP contribution in [0.4, 0.5) is 0 Å². The van der Waals surface area contributed by atoms with E-state index in [1.807, 2.05) is 0 Å². The molecular formula is C24H27NO5S. The largest absolute Gasteiger partial charge is 0.288 e. The van der Waals surface area contributed by atoms with Gasteiger partial charge in [0.15, 0.2) is 0 Å². The molecule has 0 spiro atoms. The maximum Gasteiger partial charge on any atom is 0.288 e. The number of hydroxylamine groups is 2. The molecule has 0 unspecified atom stereocenters. The summed E-state index contributed by atoms with van der Waals surface area (Å²) in [6.45, 7) is 2.11. The molecule has 0 saturated heterocycles. The molecule has 0 atom stereocenters. The van der Waals surface area contributed by atoms with Crippen molar-refractivity contribution < 1.29 is 22.3 Å². The topological polar surface area (TPSA) is 80.8 Å². The second-order valence-corrected chi connectivity index (χ2v) is 9.16. The number of benzene rings is 2. The third kappa shape index (κ3) is 5.68. The highest BCUT2D eigenvalue weighted by atomic mass is 32.2. The van der Waals surface area contributed by atoms with E-state index in [1.165, 1.54) is 0 Å². The van der Waals surface area contributed by atoms with Gasteiger partial charge in [-0.05, 0) is 17.5 Å². The van der Waals surface area contributed by atoms with Gasteiger partial charge in [-0.3, -0.25) is 9.59 Å². The smallest absolute Gasteiger partial charge is 0.266 e. The van der Waals surface area contributed by atoms with Gasteiger partial charge in [-0.25, -0.2) is 0 Å². The van der Waals surface area contributed by atoms with Crippen LogP contribution >= 0.6 is 0 Å². The van der Waals surface area contributed by atoms with E-state index >= 15 is 0 Å².